The minimum atomic E-state index is -0.878. The SMILES string of the molecule is CCOCCOCOc1n[nH]nc1C(N)C(N)=C(OCc1ccccc1)c1c[nH]c2ccc(Cl)cc12.c1cn[nH]n1.c1cn[nH]n1.c1cn[nH]n1. The molecule has 9 N–H and O–H groups in total. The van der Waals surface area contributed by atoms with E-state index in [-0.39, 0.29) is 25.0 Å². The number of halogens is 1. The van der Waals surface area contributed by atoms with Gasteiger partial charge in [-0.3, -0.25) is 0 Å². The lowest BCUT2D eigenvalue weighted by Crippen LogP contribution is -2.23. The third-order valence-electron chi connectivity index (χ3n) is 6.40. The summed E-state index contributed by atoms with van der Waals surface area (Å²) in [6.45, 7) is 3.64. The largest absolute Gasteiger partial charge is 0.486 e. The highest BCUT2D eigenvalue weighted by Crippen LogP contribution is 2.33. The number of rotatable bonds is 13. The van der Waals surface area contributed by atoms with E-state index in [9.17, 15) is 0 Å². The van der Waals surface area contributed by atoms with Crippen molar-refractivity contribution in [2.24, 2.45) is 11.5 Å². The molecule has 2 aromatic carbocycles. The number of hydrogen-bond acceptors (Lipinski definition) is 14. The van der Waals surface area contributed by atoms with Crippen LogP contribution in [0, 0.1) is 0 Å². The van der Waals surface area contributed by atoms with Crippen molar-refractivity contribution in [2.45, 2.75) is 19.6 Å². The predicted molar refractivity (Wildman–Crippen MR) is 186 cm³/mol. The van der Waals surface area contributed by atoms with Gasteiger partial charge < -0.3 is 35.4 Å². The van der Waals surface area contributed by atoms with E-state index in [0.29, 0.717) is 36.3 Å². The third kappa shape index (κ3) is 12.7. The Balaban J connectivity index is 0.000000316. The maximum absolute atomic E-state index is 6.61. The fraction of sp³-hybridized carbons (Fsp3) is 0.226. The first-order valence-corrected chi connectivity index (χ1v) is 15.7. The van der Waals surface area contributed by atoms with E-state index in [1.807, 2.05) is 61.7 Å². The normalized spacial score (nSPS) is 11.5. The molecule has 0 saturated heterocycles. The molecule has 0 aliphatic rings. The van der Waals surface area contributed by atoms with Crippen LogP contribution in [0.1, 0.15) is 29.8 Å². The van der Waals surface area contributed by atoms with Gasteiger partial charge in [-0.2, -0.15) is 56.5 Å². The van der Waals surface area contributed by atoms with Crippen LogP contribution in [0.3, 0.4) is 0 Å². The molecule has 0 fully saturated rings. The molecule has 0 aliphatic carbocycles. The molecule has 1 atom stereocenters. The van der Waals surface area contributed by atoms with Gasteiger partial charge in [-0.1, -0.05) is 41.9 Å². The standard InChI is InChI=1S/C25H29ClN6O4.3C2H3N3/c1-2-33-10-11-34-15-36-25-23(30-32-31-25)21(27)22(28)24(35-14-16-6-4-3-5-7-16)19-13-29-20-9-8-17(26)12-18(19)20;3*1-2-4-5-3-1/h3-9,12-13,21,29H,2,10-11,14-15,27-28H2,1H3,(H,30,31,32);3*1-2H,(H,3,4,5). The number of benzene rings is 2. The second-order valence-corrected chi connectivity index (χ2v) is 10.2. The van der Waals surface area contributed by atoms with Gasteiger partial charge in [0.2, 0.25) is 0 Å². The molecule has 5 heterocycles. The molecule has 0 bridgehead atoms. The predicted octanol–water partition coefficient (Wildman–Crippen LogP) is 3.29. The molecule has 51 heavy (non-hydrogen) atoms. The Bertz CT molecular complexity index is 1780. The molecule has 0 saturated carbocycles. The second-order valence-electron chi connectivity index (χ2n) is 9.78. The quantitative estimate of drug-likeness (QED) is 0.0512. The summed E-state index contributed by atoms with van der Waals surface area (Å²) in [5, 5.41) is 40.2. The van der Waals surface area contributed by atoms with Gasteiger partial charge in [-0.25, -0.2) is 0 Å². The number of nitrogens with two attached hydrogens (primary N) is 2. The number of aromatic amines is 5. The zero-order valence-corrected chi connectivity index (χ0v) is 28.3. The summed E-state index contributed by atoms with van der Waals surface area (Å²) in [7, 11) is 0. The van der Waals surface area contributed by atoms with Crippen LogP contribution >= 0.6 is 11.6 Å². The average molecular weight is 720 g/mol. The highest BCUT2D eigenvalue weighted by Gasteiger charge is 2.25. The molecule has 19 nitrogen and oxygen atoms in total. The van der Waals surface area contributed by atoms with Crippen molar-refractivity contribution >= 4 is 28.3 Å². The molecule has 7 rings (SSSR count). The Morgan fingerprint density at radius 1 is 0.804 bits per heavy atom. The van der Waals surface area contributed by atoms with E-state index >= 15 is 0 Å². The molecule has 0 amide bonds. The van der Waals surface area contributed by atoms with Crippen molar-refractivity contribution in [1.82, 2.24) is 66.6 Å². The van der Waals surface area contributed by atoms with Crippen molar-refractivity contribution in [3.05, 3.63) is 119 Å². The number of nitrogens with one attached hydrogen (secondary N) is 5. The topological polar surface area (TPSA) is 271 Å². The Labute approximate surface area is 296 Å². The highest BCUT2D eigenvalue weighted by molar-refractivity contribution is 6.31. The van der Waals surface area contributed by atoms with Gasteiger partial charge in [0.25, 0.3) is 5.88 Å². The Kier molecular flexibility index (Phi) is 16.1. The maximum Gasteiger partial charge on any atom is 0.260 e. The van der Waals surface area contributed by atoms with Crippen molar-refractivity contribution in [3.8, 4) is 5.88 Å². The van der Waals surface area contributed by atoms with E-state index in [0.717, 1.165) is 22.0 Å². The van der Waals surface area contributed by atoms with E-state index in [2.05, 4.69) is 66.6 Å². The summed E-state index contributed by atoms with van der Waals surface area (Å²) in [6.07, 6.45) is 11.3. The van der Waals surface area contributed by atoms with Crippen LogP contribution in [0.25, 0.3) is 16.7 Å². The summed E-state index contributed by atoms with van der Waals surface area (Å²) in [6, 6.07) is 14.4. The molecule has 20 heteroatoms. The summed E-state index contributed by atoms with van der Waals surface area (Å²) < 4.78 is 22.5. The van der Waals surface area contributed by atoms with Gasteiger partial charge in [0, 0.05) is 34.3 Å². The van der Waals surface area contributed by atoms with Gasteiger partial charge in [0.1, 0.15) is 18.1 Å². The lowest BCUT2D eigenvalue weighted by molar-refractivity contribution is -0.0172. The van der Waals surface area contributed by atoms with Gasteiger partial charge in [0.15, 0.2) is 6.79 Å². The molecule has 268 valence electrons. The summed E-state index contributed by atoms with van der Waals surface area (Å²) in [5.74, 6) is 0.591. The maximum atomic E-state index is 6.61. The van der Waals surface area contributed by atoms with E-state index in [1.165, 1.54) is 0 Å². The van der Waals surface area contributed by atoms with Crippen LogP contribution < -0.4 is 16.2 Å². The van der Waals surface area contributed by atoms with Crippen LogP contribution in [-0.2, 0) is 20.8 Å². The summed E-state index contributed by atoms with van der Waals surface area (Å²) in [5.41, 5.74) is 16.3. The molecular weight excluding hydrogens is 682 g/mol. The van der Waals surface area contributed by atoms with Crippen molar-refractivity contribution < 1.29 is 18.9 Å². The molecule has 0 radical (unpaired) electrons. The summed E-state index contributed by atoms with van der Waals surface area (Å²) >= 11 is 6.27. The van der Waals surface area contributed by atoms with Gasteiger partial charge in [-0.15, -0.1) is 5.10 Å². The number of ether oxygens (including phenoxy) is 4. The first kappa shape index (κ1) is 37.7. The number of fused-ring (bicyclic) bond motifs is 1. The van der Waals surface area contributed by atoms with Crippen molar-refractivity contribution in [3.63, 3.8) is 0 Å². The minimum absolute atomic E-state index is 0.0404. The lowest BCUT2D eigenvalue weighted by Gasteiger charge is -2.18. The minimum Gasteiger partial charge on any atom is -0.486 e. The number of hydrogen-bond donors (Lipinski definition) is 7. The van der Waals surface area contributed by atoms with E-state index < -0.39 is 6.04 Å². The fourth-order valence-electron chi connectivity index (χ4n) is 4.07. The first-order valence-electron chi connectivity index (χ1n) is 15.4. The summed E-state index contributed by atoms with van der Waals surface area (Å²) in [4.78, 5) is 3.23. The molecule has 0 aliphatic heterocycles. The Hall–Kier alpha value is -6.15. The van der Waals surface area contributed by atoms with Crippen molar-refractivity contribution in [2.75, 3.05) is 26.6 Å². The van der Waals surface area contributed by atoms with E-state index in [1.54, 1.807) is 37.2 Å². The Morgan fingerprint density at radius 3 is 2.02 bits per heavy atom. The fourth-order valence-corrected chi connectivity index (χ4v) is 4.24. The second kappa shape index (κ2) is 21.7. The molecule has 1 unspecified atom stereocenters. The number of H-pyrrole nitrogens is 5. The van der Waals surface area contributed by atoms with Crippen molar-refractivity contribution in [1.29, 1.82) is 0 Å². The van der Waals surface area contributed by atoms with Crippen LogP contribution in [0.2, 0.25) is 5.02 Å². The Morgan fingerprint density at radius 2 is 1.43 bits per heavy atom. The van der Waals surface area contributed by atoms with E-state index in [4.69, 9.17) is 42.0 Å². The molecule has 0 spiro atoms. The molecule has 7 aromatic rings. The first-order chi connectivity index (χ1) is 25.1. The van der Waals surface area contributed by atoms with Crippen LogP contribution in [0.15, 0.2) is 97.6 Å². The third-order valence-corrected chi connectivity index (χ3v) is 6.63. The lowest BCUT2D eigenvalue weighted by atomic mass is 10.1. The van der Waals surface area contributed by atoms with Crippen LogP contribution in [0.5, 0.6) is 5.88 Å². The highest BCUT2D eigenvalue weighted by atomic mass is 35.5. The van der Waals surface area contributed by atoms with Gasteiger partial charge >= 0.3 is 0 Å². The number of aromatic nitrogens is 13. The zero-order valence-electron chi connectivity index (χ0n) is 27.5. The smallest absolute Gasteiger partial charge is 0.260 e. The van der Waals surface area contributed by atoms with Gasteiger partial charge in [0.05, 0.1) is 62.1 Å². The monoisotopic (exact) mass is 719 g/mol. The zero-order chi connectivity index (χ0) is 35.9. The molecule has 5 aromatic heterocycles. The van der Waals surface area contributed by atoms with Crippen LogP contribution in [0.4, 0.5) is 0 Å². The molecular formula is C31H38ClN15O4. The average Bonchev–Trinajstić information content (AvgIpc) is 4.01. The van der Waals surface area contributed by atoms with Gasteiger partial charge in [-0.05, 0) is 30.7 Å². The van der Waals surface area contributed by atoms with Crippen LogP contribution in [-0.4, -0.2) is 93.2 Å². The number of nitrogens with zero attached hydrogens (tertiary/aromatic N) is 8.